The molecule has 0 amide bonds. The first kappa shape index (κ1) is 45.3. The molecule has 0 N–H and O–H groups in total. The number of rotatable bonds is 0. The number of carbonyl (C=O) groups is 3. The van der Waals surface area contributed by atoms with Crippen LogP contribution in [0.25, 0.3) is 43.4 Å². The molecule has 0 aliphatic rings. The Hall–Kier alpha value is -3.09. The molecule has 0 aliphatic carbocycles. The van der Waals surface area contributed by atoms with Gasteiger partial charge in [0.05, 0.1) is 0 Å². The maximum absolute atomic E-state index is 8.89. The van der Waals surface area contributed by atoms with Gasteiger partial charge in [-0.2, -0.15) is 0 Å². The van der Waals surface area contributed by atoms with Gasteiger partial charge in [0.25, 0.3) is 0 Å². The Morgan fingerprint density at radius 1 is 0.523 bits per heavy atom. The number of halogens is 1. The molecule has 0 saturated carbocycles. The number of nitrogens with zero attached hydrogens (tertiary/aromatic N) is 2. The number of carboxylic acids is 3. The van der Waals surface area contributed by atoms with Crippen molar-refractivity contribution in [1.82, 2.24) is 9.97 Å². The fourth-order valence-corrected chi connectivity index (χ4v) is 3.47. The minimum Gasteiger partial charge on any atom is -1.00 e. The van der Waals surface area contributed by atoms with Crippen LogP contribution in [-0.2, 0) is 75.7 Å². The van der Waals surface area contributed by atoms with Gasteiger partial charge >= 0.3 is 61.3 Å². The Bertz CT molecular complexity index is 1490. The molecule has 0 radical (unpaired) electrons. The van der Waals surface area contributed by atoms with Gasteiger partial charge in [-0.15, -0.1) is 70.1 Å². The average Bonchev–Trinajstić information content (AvgIpc) is 2.92. The molecule has 0 fully saturated rings. The molecule has 0 bridgehead atoms. The number of carbonyl (C=O) groups excluding carboxylic acids is 3. The Morgan fingerprint density at radius 3 is 1.11 bits per heavy atom. The van der Waals surface area contributed by atoms with Crippen LogP contribution >= 0.6 is 0 Å². The summed E-state index contributed by atoms with van der Waals surface area (Å²) < 4.78 is 0. The smallest absolute Gasteiger partial charge is 1.00 e. The predicted molar refractivity (Wildman–Crippen MR) is 148 cm³/mol. The maximum Gasteiger partial charge on any atom is 2.00 e. The second-order valence-corrected chi connectivity index (χ2v) is 8.02. The Balaban J connectivity index is -0.000000530. The second-order valence-electron chi connectivity index (χ2n) is 8.02. The first-order valence-electron chi connectivity index (χ1n) is 11.9. The van der Waals surface area contributed by atoms with Gasteiger partial charge in [-0.3, -0.25) is 0 Å². The number of hydrogen-bond donors (Lipinski definition) is 0. The number of fused-ring (bicyclic) bond motifs is 6. The van der Waals surface area contributed by atoms with Gasteiger partial charge in [0.1, 0.15) is 0 Å². The van der Waals surface area contributed by atoms with Crippen molar-refractivity contribution in [2.24, 2.45) is 0 Å². The van der Waals surface area contributed by atoms with E-state index in [4.69, 9.17) is 29.7 Å². The first-order valence-corrected chi connectivity index (χ1v) is 11.9. The van der Waals surface area contributed by atoms with Crippen LogP contribution in [0.1, 0.15) is 20.8 Å². The van der Waals surface area contributed by atoms with Crippen molar-refractivity contribution in [3.05, 3.63) is 109 Å². The minimum absolute atomic E-state index is 0. The van der Waals surface area contributed by atoms with Crippen molar-refractivity contribution in [2.45, 2.75) is 20.8 Å². The second kappa shape index (κ2) is 24.3. The Morgan fingerprint density at radius 2 is 0.795 bits per heavy atom. The normalized spacial score (nSPS) is 8.61. The van der Waals surface area contributed by atoms with Gasteiger partial charge in [-0.25, -0.2) is 0 Å². The minimum atomic E-state index is -1.08. The molecule has 8 nitrogen and oxygen atoms in total. The number of carboxylic acid groups (broad SMARTS) is 3. The molecule has 12 heteroatoms. The fourth-order valence-electron chi connectivity index (χ4n) is 3.47. The summed E-state index contributed by atoms with van der Waals surface area (Å²) in [4.78, 5) is 35.4. The summed E-state index contributed by atoms with van der Waals surface area (Å²) in [5.41, 5.74) is 2.07. The maximum atomic E-state index is 8.89. The molecule has 0 aliphatic heterocycles. The zero-order valence-corrected chi connectivity index (χ0v) is 28.8. The van der Waals surface area contributed by atoms with Crippen molar-refractivity contribution >= 4 is 61.3 Å². The van der Waals surface area contributed by atoms with Crippen molar-refractivity contribution in [3.8, 4) is 0 Å². The van der Waals surface area contributed by atoms with Crippen LogP contribution < -0.4 is 27.7 Å². The molecule has 2 aromatic heterocycles. The van der Waals surface area contributed by atoms with Crippen LogP contribution in [0.15, 0.2) is 97.3 Å². The monoisotopic (exact) mass is 886 g/mol. The molecule has 6 rings (SSSR count). The number of aliphatic carboxylic acids is 3. The molecule has 0 saturated heterocycles. The topological polar surface area (TPSA) is 146 Å². The van der Waals surface area contributed by atoms with Gasteiger partial charge in [0.2, 0.25) is 0 Å². The van der Waals surface area contributed by atoms with Crippen molar-refractivity contribution in [2.75, 3.05) is 0 Å². The van der Waals surface area contributed by atoms with Crippen LogP contribution in [0.4, 0.5) is 0 Å². The van der Waals surface area contributed by atoms with E-state index < -0.39 is 17.9 Å². The number of pyridine rings is 2. The van der Waals surface area contributed by atoms with E-state index in [0.717, 1.165) is 42.6 Å². The van der Waals surface area contributed by atoms with E-state index in [9.17, 15) is 0 Å². The largest absolute Gasteiger partial charge is 2.00 e. The van der Waals surface area contributed by atoms with E-state index in [1.165, 1.54) is 21.5 Å². The number of hydrogen-bond acceptors (Lipinski definition) is 8. The van der Waals surface area contributed by atoms with Gasteiger partial charge in [-0.05, 0) is 54.7 Å². The van der Waals surface area contributed by atoms with Crippen LogP contribution in [0, 0.1) is 12.1 Å². The van der Waals surface area contributed by atoms with E-state index in [2.05, 4.69) is 70.6 Å². The molecule has 0 atom stereocenters. The quantitative estimate of drug-likeness (QED) is 0.114. The summed E-state index contributed by atoms with van der Waals surface area (Å²) in [5, 5.41) is 33.6. The van der Waals surface area contributed by atoms with E-state index in [-0.39, 0.29) is 73.7 Å². The summed E-state index contributed by atoms with van der Waals surface area (Å²) in [6.45, 7) is 2.92. The number of aromatic nitrogens is 2. The van der Waals surface area contributed by atoms with Gasteiger partial charge < -0.3 is 52.1 Å². The van der Waals surface area contributed by atoms with E-state index >= 15 is 0 Å². The van der Waals surface area contributed by atoms with E-state index in [1.54, 1.807) is 0 Å². The summed E-state index contributed by atoms with van der Waals surface area (Å²) in [6, 6.07) is 34.9. The molecule has 2 heterocycles. The van der Waals surface area contributed by atoms with Gasteiger partial charge in [-0.1, -0.05) is 36.4 Å². The zero-order valence-electron chi connectivity index (χ0n) is 23.4. The SMILES string of the molecule is CC(=O)[O-].CC(=O)[O-].CC(=O)[O-].[Cl-].[Pd+2].[Pd+2].[Pd+2].[c-]1cccc2ccc3cccnc3c12.[c-]1cccc2ccc3cccnc3c12. The molecular weight excluding hydrogens is 863 g/mol. The molecule has 6 aromatic rings. The van der Waals surface area contributed by atoms with Gasteiger partial charge in [0.15, 0.2) is 0 Å². The summed E-state index contributed by atoms with van der Waals surface area (Å²) in [5.74, 6) is -3.25. The number of benzene rings is 4. The summed E-state index contributed by atoms with van der Waals surface area (Å²) in [7, 11) is 0. The van der Waals surface area contributed by atoms with Crippen LogP contribution in [-0.4, -0.2) is 27.9 Å². The third-order valence-electron chi connectivity index (χ3n) is 4.81. The molecule has 0 unspecified atom stereocenters. The molecular formula is C32H25ClN2O6Pd3. The first-order chi connectivity index (χ1) is 19.1. The van der Waals surface area contributed by atoms with E-state index in [0.29, 0.717) is 0 Å². The molecule has 4 aromatic carbocycles. The van der Waals surface area contributed by atoms with Crippen LogP contribution in [0.5, 0.6) is 0 Å². The zero-order chi connectivity index (χ0) is 29.5. The summed E-state index contributed by atoms with van der Waals surface area (Å²) in [6.07, 6.45) is 3.64. The molecule has 44 heavy (non-hydrogen) atoms. The van der Waals surface area contributed by atoms with Gasteiger partial charge in [0, 0.05) is 30.3 Å². The molecule has 0 spiro atoms. The van der Waals surface area contributed by atoms with E-state index in [1.807, 2.05) is 48.8 Å². The van der Waals surface area contributed by atoms with Crippen molar-refractivity contribution < 1.29 is 103 Å². The third kappa shape index (κ3) is 16.1. The molecule has 236 valence electrons. The van der Waals surface area contributed by atoms with Crippen LogP contribution in [0.2, 0.25) is 0 Å². The average molecular weight is 888 g/mol. The Labute approximate surface area is 302 Å². The third-order valence-corrected chi connectivity index (χ3v) is 4.81. The van der Waals surface area contributed by atoms with Crippen molar-refractivity contribution in [1.29, 1.82) is 0 Å². The van der Waals surface area contributed by atoms with Crippen LogP contribution in [0.3, 0.4) is 0 Å². The summed E-state index contributed by atoms with van der Waals surface area (Å²) >= 11 is 0. The Kier molecular flexibility index (Phi) is 25.0. The standard InChI is InChI=1S/2C13H8N.3C2H4O2.ClH.3Pd/c2*1-2-6-12-10(4-1)7-8-11-5-3-9-14-13(11)12;3*1-2(3)4;;;;/h2*1-5,7-9H;3*1H3,(H,3,4);1H;;;/q2*-1;;;;;3*+2/p-4. The fraction of sp³-hybridized carbons (Fsp3) is 0.0938. The van der Waals surface area contributed by atoms with Crippen molar-refractivity contribution in [3.63, 3.8) is 0 Å². The predicted octanol–water partition coefficient (Wildman–Crippen LogP) is -0.359.